The number of para-hydroxylation sites is 1. The summed E-state index contributed by atoms with van der Waals surface area (Å²) in [6, 6.07) is 12.0. The number of nitrogens with zero attached hydrogens (tertiary/aromatic N) is 1. The molecule has 1 saturated heterocycles. The molecule has 1 fully saturated rings. The molecule has 1 amide bonds. The van der Waals surface area contributed by atoms with E-state index in [4.69, 9.17) is 9.47 Å². The van der Waals surface area contributed by atoms with Gasteiger partial charge in [-0.25, -0.2) is 0 Å². The van der Waals surface area contributed by atoms with Crippen LogP contribution in [0, 0.1) is 5.92 Å². The van der Waals surface area contributed by atoms with Crippen LogP contribution in [0.3, 0.4) is 0 Å². The van der Waals surface area contributed by atoms with E-state index < -0.39 is 0 Å². The molecule has 1 atom stereocenters. The monoisotopic (exact) mass is 331 g/mol. The van der Waals surface area contributed by atoms with E-state index in [9.17, 15) is 4.79 Å². The Labute approximate surface area is 140 Å². The molecule has 0 aliphatic carbocycles. The molecule has 23 heavy (non-hydrogen) atoms. The number of benzene rings is 1. The fourth-order valence-electron chi connectivity index (χ4n) is 2.83. The highest BCUT2D eigenvalue weighted by atomic mass is 32.1. The van der Waals surface area contributed by atoms with Gasteiger partial charge < -0.3 is 14.4 Å². The van der Waals surface area contributed by atoms with Crippen LogP contribution in [-0.4, -0.2) is 31.1 Å². The Kier molecular flexibility index (Phi) is 5.31. The predicted molar refractivity (Wildman–Crippen MR) is 90.5 cm³/mol. The lowest BCUT2D eigenvalue weighted by Gasteiger charge is -2.25. The molecule has 2 aromatic rings. The normalized spacial score (nSPS) is 17.2. The van der Waals surface area contributed by atoms with E-state index in [0.717, 1.165) is 17.7 Å². The third kappa shape index (κ3) is 3.92. The second-order valence-electron chi connectivity index (χ2n) is 5.65. The zero-order valence-corrected chi connectivity index (χ0v) is 14.1. The lowest BCUT2D eigenvalue weighted by Crippen LogP contribution is -2.35. The Balaban J connectivity index is 1.80. The quantitative estimate of drug-likeness (QED) is 0.815. The van der Waals surface area contributed by atoms with Crippen molar-refractivity contribution in [2.24, 2.45) is 5.92 Å². The molecule has 5 heteroatoms. The molecule has 3 rings (SSSR count). The van der Waals surface area contributed by atoms with Crippen molar-refractivity contribution < 1.29 is 14.3 Å². The third-order valence-corrected chi connectivity index (χ3v) is 4.93. The number of amides is 1. The minimum atomic E-state index is -0.0235. The first-order valence-corrected chi connectivity index (χ1v) is 8.66. The molecule has 0 spiro atoms. The minimum Gasteiger partial charge on any atom is -0.496 e. The Hall–Kier alpha value is -1.85. The van der Waals surface area contributed by atoms with Crippen molar-refractivity contribution in [3.05, 3.63) is 52.2 Å². The van der Waals surface area contributed by atoms with Gasteiger partial charge in [0.2, 0.25) is 5.91 Å². The Morgan fingerprint density at radius 2 is 2.17 bits per heavy atom. The number of thiophene rings is 1. The number of rotatable bonds is 6. The first-order valence-electron chi connectivity index (χ1n) is 7.78. The molecule has 0 radical (unpaired) electrons. The van der Waals surface area contributed by atoms with Gasteiger partial charge in [-0.3, -0.25) is 4.79 Å². The summed E-state index contributed by atoms with van der Waals surface area (Å²) >= 11 is 1.68. The summed E-state index contributed by atoms with van der Waals surface area (Å²) in [5.74, 6) is 0.964. The third-order valence-electron chi connectivity index (χ3n) is 4.07. The van der Waals surface area contributed by atoms with Crippen LogP contribution in [0.5, 0.6) is 5.75 Å². The van der Waals surface area contributed by atoms with Crippen LogP contribution >= 0.6 is 11.3 Å². The molecule has 1 aliphatic rings. The van der Waals surface area contributed by atoms with Gasteiger partial charge in [0.25, 0.3) is 0 Å². The summed E-state index contributed by atoms with van der Waals surface area (Å²) in [5.41, 5.74) is 1.03. The minimum absolute atomic E-state index is 0.0235. The maximum atomic E-state index is 12.9. The van der Waals surface area contributed by atoms with Crippen molar-refractivity contribution >= 4 is 17.2 Å². The maximum absolute atomic E-state index is 12.9. The van der Waals surface area contributed by atoms with Crippen LogP contribution in [0.1, 0.15) is 16.9 Å². The lowest BCUT2D eigenvalue weighted by molar-refractivity contribution is -0.136. The number of carbonyl (C=O) groups excluding carboxylic acids is 1. The van der Waals surface area contributed by atoms with E-state index in [-0.39, 0.29) is 11.8 Å². The van der Waals surface area contributed by atoms with E-state index >= 15 is 0 Å². The van der Waals surface area contributed by atoms with Gasteiger partial charge in [-0.05, 0) is 23.9 Å². The summed E-state index contributed by atoms with van der Waals surface area (Å²) in [6.45, 7) is 2.39. The van der Waals surface area contributed by atoms with Crippen molar-refractivity contribution in [1.82, 2.24) is 4.90 Å². The highest BCUT2D eigenvalue weighted by Gasteiger charge is 2.28. The fraction of sp³-hybridized carbons (Fsp3) is 0.389. The average Bonchev–Trinajstić information content (AvgIpc) is 3.27. The summed E-state index contributed by atoms with van der Waals surface area (Å²) < 4.78 is 10.8. The zero-order valence-electron chi connectivity index (χ0n) is 13.2. The standard InChI is InChI=1S/C18H21NO3S/c1-21-17-7-3-2-5-14(17)11-19(12-16-6-4-10-23-16)18(20)15-8-9-22-13-15/h2-7,10,15H,8-9,11-13H2,1H3. The van der Waals surface area contributed by atoms with Crippen LogP contribution in [0.25, 0.3) is 0 Å². The van der Waals surface area contributed by atoms with E-state index in [1.165, 1.54) is 4.88 Å². The van der Waals surface area contributed by atoms with Crippen molar-refractivity contribution in [2.75, 3.05) is 20.3 Å². The fourth-order valence-corrected chi connectivity index (χ4v) is 3.55. The SMILES string of the molecule is COc1ccccc1CN(Cc1cccs1)C(=O)C1CCOC1. The van der Waals surface area contributed by atoms with Crippen molar-refractivity contribution in [3.63, 3.8) is 0 Å². The maximum Gasteiger partial charge on any atom is 0.228 e. The second kappa shape index (κ2) is 7.62. The molecule has 122 valence electrons. The van der Waals surface area contributed by atoms with Gasteiger partial charge in [0.1, 0.15) is 5.75 Å². The number of hydrogen-bond donors (Lipinski definition) is 0. The Bertz CT molecular complexity index is 635. The van der Waals surface area contributed by atoms with Crippen LogP contribution in [0.2, 0.25) is 0 Å². The molecule has 0 saturated carbocycles. The molecule has 0 bridgehead atoms. The second-order valence-corrected chi connectivity index (χ2v) is 6.68. The molecule has 1 unspecified atom stereocenters. The molecule has 4 nitrogen and oxygen atoms in total. The molecule has 0 N–H and O–H groups in total. The first-order chi connectivity index (χ1) is 11.3. The molecular weight excluding hydrogens is 310 g/mol. The van der Waals surface area contributed by atoms with E-state index in [0.29, 0.717) is 26.3 Å². The smallest absolute Gasteiger partial charge is 0.228 e. The molecule has 2 heterocycles. The summed E-state index contributed by atoms with van der Waals surface area (Å²) in [7, 11) is 1.66. The Morgan fingerprint density at radius 1 is 1.30 bits per heavy atom. The lowest BCUT2D eigenvalue weighted by atomic mass is 10.1. The number of carbonyl (C=O) groups is 1. The van der Waals surface area contributed by atoms with Crippen molar-refractivity contribution in [2.45, 2.75) is 19.5 Å². The van der Waals surface area contributed by atoms with Gasteiger partial charge in [0, 0.05) is 23.6 Å². The van der Waals surface area contributed by atoms with Gasteiger partial charge in [-0.15, -0.1) is 11.3 Å². The molecular formula is C18H21NO3S. The summed E-state index contributed by atoms with van der Waals surface area (Å²) in [6.07, 6.45) is 0.811. The van der Waals surface area contributed by atoms with Crippen molar-refractivity contribution in [3.8, 4) is 5.75 Å². The van der Waals surface area contributed by atoms with E-state index in [1.807, 2.05) is 40.6 Å². The van der Waals surface area contributed by atoms with Gasteiger partial charge >= 0.3 is 0 Å². The van der Waals surface area contributed by atoms with Crippen LogP contribution < -0.4 is 4.74 Å². The molecule has 1 aliphatic heterocycles. The number of methoxy groups -OCH3 is 1. The van der Waals surface area contributed by atoms with Gasteiger partial charge in [-0.2, -0.15) is 0 Å². The zero-order chi connectivity index (χ0) is 16.1. The number of ether oxygens (including phenoxy) is 2. The average molecular weight is 331 g/mol. The molecule has 1 aromatic heterocycles. The van der Waals surface area contributed by atoms with Gasteiger partial charge in [-0.1, -0.05) is 24.3 Å². The summed E-state index contributed by atoms with van der Waals surface area (Å²) in [5, 5.41) is 2.04. The van der Waals surface area contributed by atoms with Crippen LogP contribution in [0.15, 0.2) is 41.8 Å². The topological polar surface area (TPSA) is 38.8 Å². The van der Waals surface area contributed by atoms with Gasteiger partial charge in [0.05, 0.1) is 26.2 Å². The number of hydrogen-bond acceptors (Lipinski definition) is 4. The highest BCUT2D eigenvalue weighted by Crippen LogP contribution is 2.24. The van der Waals surface area contributed by atoms with Crippen molar-refractivity contribution in [1.29, 1.82) is 0 Å². The largest absolute Gasteiger partial charge is 0.496 e. The van der Waals surface area contributed by atoms with E-state index in [1.54, 1.807) is 18.4 Å². The molecule has 1 aromatic carbocycles. The highest BCUT2D eigenvalue weighted by molar-refractivity contribution is 7.09. The predicted octanol–water partition coefficient (Wildman–Crippen LogP) is 3.32. The first kappa shape index (κ1) is 16.0. The van der Waals surface area contributed by atoms with Gasteiger partial charge in [0.15, 0.2) is 0 Å². The van der Waals surface area contributed by atoms with Crippen LogP contribution in [0.4, 0.5) is 0 Å². The van der Waals surface area contributed by atoms with E-state index in [2.05, 4.69) is 6.07 Å². The summed E-state index contributed by atoms with van der Waals surface area (Å²) in [4.78, 5) is 16.0. The van der Waals surface area contributed by atoms with Crippen LogP contribution in [-0.2, 0) is 22.6 Å². The Morgan fingerprint density at radius 3 is 2.87 bits per heavy atom.